The summed E-state index contributed by atoms with van der Waals surface area (Å²) in [6, 6.07) is 0. The molecule has 3 amide bonds. The van der Waals surface area contributed by atoms with Crippen LogP contribution < -0.4 is 0 Å². The number of aliphatic carboxylic acids is 1. The maximum Gasteiger partial charge on any atom is 0.303 e. The van der Waals surface area contributed by atoms with Crippen molar-refractivity contribution in [3.8, 4) is 0 Å². The van der Waals surface area contributed by atoms with Crippen molar-refractivity contribution in [3.05, 3.63) is 0 Å². The van der Waals surface area contributed by atoms with Gasteiger partial charge in [0, 0.05) is 60.0 Å². The van der Waals surface area contributed by atoms with E-state index in [0.29, 0.717) is 58.6 Å². The molecule has 3 atom stereocenters. The number of carbonyl (C=O) groups is 4. The van der Waals surface area contributed by atoms with Crippen molar-refractivity contribution in [1.29, 1.82) is 0 Å². The quantitative estimate of drug-likeness (QED) is 0.0763. The first-order chi connectivity index (χ1) is 23.7. The summed E-state index contributed by atoms with van der Waals surface area (Å²) in [5, 5.41) is 8.65. The smallest absolute Gasteiger partial charge is 0.303 e. The van der Waals surface area contributed by atoms with E-state index in [4.69, 9.17) is 19.3 Å². The van der Waals surface area contributed by atoms with E-state index >= 15 is 0 Å². The highest BCUT2D eigenvalue weighted by Gasteiger charge is 2.16. The molecule has 50 heavy (non-hydrogen) atoms. The Morgan fingerprint density at radius 1 is 0.460 bits per heavy atom. The van der Waals surface area contributed by atoms with Crippen LogP contribution in [-0.4, -0.2) is 124 Å². The first-order valence-corrected chi connectivity index (χ1v) is 19.4. The highest BCUT2D eigenvalue weighted by Crippen LogP contribution is 2.23. The summed E-state index contributed by atoms with van der Waals surface area (Å²) in [6.07, 6.45) is 13.1. The highest BCUT2D eigenvalue weighted by atomic mass is 16.5. The fraction of sp³-hybridized carbons (Fsp3) is 0.897. The molecule has 0 radical (unpaired) electrons. The lowest BCUT2D eigenvalue weighted by Crippen LogP contribution is -2.33. The minimum absolute atomic E-state index is 0.0135. The molecule has 0 saturated carbocycles. The molecule has 0 aromatic rings. The molecule has 0 spiro atoms. The molecule has 0 aliphatic heterocycles. The molecule has 11 nitrogen and oxygen atoms in total. The van der Waals surface area contributed by atoms with Crippen LogP contribution in [0.1, 0.15) is 125 Å². The van der Waals surface area contributed by atoms with Crippen LogP contribution in [0, 0.1) is 23.7 Å². The van der Waals surface area contributed by atoms with Crippen molar-refractivity contribution in [2.24, 2.45) is 23.7 Å². The summed E-state index contributed by atoms with van der Waals surface area (Å²) in [7, 11) is 5.18. The highest BCUT2D eigenvalue weighted by molar-refractivity contribution is 5.83. The van der Waals surface area contributed by atoms with Gasteiger partial charge in [0.25, 0.3) is 0 Å². The van der Waals surface area contributed by atoms with E-state index in [0.717, 1.165) is 30.7 Å². The maximum absolute atomic E-state index is 12.6. The number of hydrogen-bond acceptors (Lipinski definition) is 7. The number of amides is 3. The Hall–Kier alpha value is -2.24. The Balaban J connectivity index is 3.82. The molecule has 0 saturated heterocycles. The zero-order valence-corrected chi connectivity index (χ0v) is 33.2. The van der Waals surface area contributed by atoms with Gasteiger partial charge in [0.2, 0.25) is 17.7 Å². The number of ether oxygens (including phenoxy) is 3. The van der Waals surface area contributed by atoms with Gasteiger partial charge in [-0.3, -0.25) is 19.2 Å². The van der Waals surface area contributed by atoms with Crippen LogP contribution in [0.3, 0.4) is 0 Å². The topological polar surface area (TPSA) is 126 Å². The Kier molecular flexibility index (Phi) is 29.0. The molecule has 0 heterocycles. The summed E-state index contributed by atoms with van der Waals surface area (Å²) in [5.74, 6) is 1.77. The minimum Gasteiger partial charge on any atom is -0.481 e. The molecular formula is C39H75N3O8. The van der Waals surface area contributed by atoms with Gasteiger partial charge in [0.1, 0.15) is 0 Å². The lowest BCUT2D eigenvalue weighted by atomic mass is 9.91. The minimum atomic E-state index is -0.990. The lowest BCUT2D eigenvalue weighted by Gasteiger charge is -2.21. The standard InChI is InChI=1S/C39H75N3O8/c1-32(2)12-9-13-33(3)14-10-15-34(4)16-11-17-35(5)22-23-40(6)36(43)18-19-37(44)41(7)24-26-48-28-30-50-31-29-49-27-25-42(8)38(45)20-21-39(46)47/h32-35H,9-31H2,1-8H3,(H,46,47)/t33-,34-,35?/m1/s1. The number of rotatable bonds is 33. The van der Waals surface area contributed by atoms with Gasteiger partial charge >= 0.3 is 5.97 Å². The average Bonchev–Trinajstić information content (AvgIpc) is 3.06. The Morgan fingerprint density at radius 3 is 1.16 bits per heavy atom. The largest absolute Gasteiger partial charge is 0.481 e. The SMILES string of the molecule is CC(C)CCC[C@@H](C)CCC[C@@H](C)CCCC(C)CCN(C)C(=O)CCC(=O)N(C)CCOCCOCCOCCN(C)C(=O)CCC(=O)O. The first-order valence-electron chi connectivity index (χ1n) is 19.4. The van der Waals surface area contributed by atoms with E-state index in [-0.39, 0.29) is 43.4 Å². The Bertz CT molecular complexity index is 903. The van der Waals surface area contributed by atoms with Crippen LogP contribution in [-0.2, 0) is 33.4 Å². The summed E-state index contributed by atoms with van der Waals surface area (Å²) in [5.41, 5.74) is 0. The third-order valence-corrected chi connectivity index (χ3v) is 9.49. The van der Waals surface area contributed by atoms with E-state index in [9.17, 15) is 19.2 Å². The third-order valence-electron chi connectivity index (χ3n) is 9.49. The molecule has 294 valence electrons. The van der Waals surface area contributed by atoms with Crippen molar-refractivity contribution in [3.63, 3.8) is 0 Å². The zero-order chi connectivity index (χ0) is 37.7. The monoisotopic (exact) mass is 714 g/mol. The van der Waals surface area contributed by atoms with Gasteiger partial charge in [0.05, 0.1) is 46.1 Å². The van der Waals surface area contributed by atoms with E-state index in [1.54, 1.807) is 23.9 Å². The average molecular weight is 714 g/mol. The van der Waals surface area contributed by atoms with E-state index in [2.05, 4.69) is 34.6 Å². The molecule has 0 aromatic heterocycles. The van der Waals surface area contributed by atoms with Gasteiger partial charge in [-0.2, -0.15) is 0 Å². The van der Waals surface area contributed by atoms with Crippen LogP contribution in [0.15, 0.2) is 0 Å². The van der Waals surface area contributed by atoms with Gasteiger partial charge in [-0.25, -0.2) is 0 Å². The summed E-state index contributed by atoms with van der Waals surface area (Å²) in [6.45, 7) is 15.5. The Labute approximate surface area is 305 Å². The van der Waals surface area contributed by atoms with Gasteiger partial charge in [-0.05, 0) is 30.1 Å². The van der Waals surface area contributed by atoms with Crippen LogP contribution in [0.4, 0.5) is 0 Å². The second-order valence-corrected chi connectivity index (χ2v) is 15.0. The molecule has 0 rings (SSSR count). The van der Waals surface area contributed by atoms with Crippen molar-refractivity contribution in [2.45, 2.75) is 125 Å². The zero-order valence-electron chi connectivity index (χ0n) is 33.2. The van der Waals surface area contributed by atoms with E-state index in [1.807, 2.05) is 7.05 Å². The van der Waals surface area contributed by atoms with Gasteiger partial charge in [-0.1, -0.05) is 92.4 Å². The fourth-order valence-electron chi connectivity index (χ4n) is 5.67. The van der Waals surface area contributed by atoms with Crippen LogP contribution >= 0.6 is 0 Å². The van der Waals surface area contributed by atoms with Crippen molar-refractivity contribution >= 4 is 23.7 Å². The van der Waals surface area contributed by atoms with Crippen molar-refractivity contribution < 1.29 is 38.5 Å². The first kappa shape index (κ1) is 47.8. The van der Waals surface area contributed by atoms with Crippen LogP contribution in [0.2, 0.25) is 0 Å². The van der Waals surface area contributed by atoms with E-state index < -0.39 is 5.97 Å². The second kappa shape index (κ2) is 30.4. The fourth-order valence-corrected chi connectivity index (χ4v) is 5.67. The number of nitrogens with zero attached hydrogens (tertiary/aromatic N) is 3. The summed E-state index contributed by atoms with van der Waals surface area (Å²) in [4.78, 5) is 52.3. The van der Waals surface area contributed by atoms with Crippen LogP contribution in [0.25, 0.3) is 0 Å². The van der Waals surface area contributed by atoms with Crippen molar-refractivity contribution in [2.75, 3.05) is 80.4 Å². The Morgan fingerprint density at radius 2 is 0.780 bits per heavy atom. The van der Waals surface area contributed by atoms with E-state index in [1.165, 1.54) is 62.7 Å². The molecule has 0 aliphatic carbocycles. The lowest BCUT2D eigenvalue weighted by molar-refractivity contribution is -0.140. The second-order valence-electron chi connectivity index (χ2n) is 15.0. The third kappa shape index (κ3) is 28.5. The number of carboxylic acids is 1. The number of carbonyl (C=O) groups excluding carboxylic acids is 3. The number of carboxylic acid groups (broad SMARTS) is 1. The summed E-state index contributed by atoms with van der Waals surface area (Å²) < 4.78 is 16.5. The number of hydrogen-bond donors (Lipinski definition) is 1. The molecule has 0 bridgehead atoms. The predicted molar refractivity (Wildman–Crippen MR) is 200 cm³/mol. The normalized spacial score (nSPS) is 13.2. The molecule has 0 aromatic carbocycles. The predicted octanol–water partition coefficient (Wildman–Crippen LogP) is 6.52. The molecule has 11 heteroatoms. The van der Waals surface area contributed by atoms with Crippen LogP contribution in [0.5, 0.6) is 0 Å². The molecule has 1 N–H and O–H groups in total. The molecule has 0 fully saturated rings. The molecule has 1 unspecified atom stereocenters. The molecule has 0 aliphatic rings. The summed E-state index contributed by atoms with van der Waals surface area (Å²) >= 11 is 0. The van der Waals surface area contributed by atoms with Gasteiger partial charge < -0.3 is 34.0 Å². The van der Waals surface area contributed by atoms with Crippen molar-refractivity contribution in [1.82, 2.24) is 14.7 Å². The van der Waals surface area contributed by atoms with Gasteiger partial charge in [-0.15, -0.1) is 0 Å². The maximum atomic E-state index is 12.6. The van der Waals surface area contributed by atoms with Gasteiger partial charge in [0.15, 0.2) is 0 Å². The molecular weight excluding hydrogens is 638 g/mol. The number of likely N-dealkylation sites (N-methyl/N-ethyl adjacent to an activating group) is 2.